The Hall–Kier alpha value is -0.326. The Morgan fingerprint density at radius 1 is 0.842 bits per heavy atom. The molecule has 19 heavy (non-hydrogen) atoms. The van der Waals surface area contributed by atoms with Crippen LogP contribution in [0.1, 0.15) is 65.2 Å². The molecule has 0 aromatic carbocycles. The molecule has 0 aromatic rings. The fourth-order valence-electron chi connectivity index (χ4n) is 1.98. The molecule has 0 heterocycles. The quantitative estimate of drug-likeness (QED) is 0.433. The number of rotatable bonds is 6. The largest absolute Gasteiger partial charge is 2.00 e. The molecule has 0 atom stereocenters. The maximum Gasteiger partial charge on any atom is 2.00 e. The van der Waals surface area contributed by atoms with Crippen LogP contribution in [0.3, 0.4) is 0 Å². The maximum absolute atomic E-state index is 3.30. The Labute approximate surface area is 134 Å². The van der Waals surface area contributed by atoms with E-state index in [2.05, 4.69) is 50.3 Å². The molecule has 2 rings (SSSR count). The van der Waals surface area contributed by atoms with Gasteiger partial charge in [-0.15, -0.1) is 12.8 Å². The van der Waals surface area contributed by atoms with Crippen molar-refractivity contribution in [2.75, 3.05) is 0 Å². The van der Waals surface area contributed by atoms with Crippen LogP contribution in [-0.2, 0) is 21.7 Å². The zero-order chi connectivity index (χ0) is 13.1. The van der Waals surface area contributed by atoms with Crippen molar-refractivity contribution in [3.05, 3.63) is 47.6 Å². The SMILES string of the molecule is CCCCC1=[C-]CC=C1.CCCCC1=[C-]CC=C1.[Ti+2]. The molecule has 0 amide bonds. The predicted octanol–water partition coefficient (Wildman–Crippen LogP) is 5.73. The molecule has 0 saturated carbocycles. The van der Waals surface area contributed by atoms with Gasteiger partial charge < -0.3 is 0 Å². The van der Waals surface area contributed by atoms with Crippen LogP contribution in [0.5, 0.6) is 0 Å². The second-order valence-corrected chi connectivity index (χ2v) is 4.82. The maximum atomic E-state index is 3.30. The summed E-state index contributed by atoms with van der Waals surface area (Å²) in [6.45, 7) is 4.44. The fourth-order valence-corrected chi connectivity index (χ4v) is 1.98. The summed E-state index contributed by atoms with van der Waals surface area (Å²) in [5.74, 6) is 0. The predicted molar refractivity (Wildman–Crippen MR) is 80.1 cm³/mol. The van der Waals surface area contributed by atoms with Crippen molar-refractivity contribution in [2.24, 2.45) is 0 Å². The first-order valence-corrected chi connectivity index (χ1v) is 7.39. The smallest absolute Gasteiger partial charge is 0.269 e. The van der Waals surface area contributed by atoms with E-state index in [-0.39, 0.29) is 21.7 Å². The topological polar surface area (TPSA) is 0 Å². The van der Waals surface area contributed by atoms with Gasteiger partial charge in [-0.3, -0.25) is 12.2 Å². The van der Waals surface area contributed by atoms with Gasteiger partial charge in [-0.1, -0.05) is 52.4 Å². The molecule has 0 bridgehead atoms. The molecular formula is C18H26Ti. The van der Waals surface area contributed by atoms with E-state index in [0.29, 0.717) is 0 Å². The van der Waals surface area contributed by atoms with Gasteiger partial charge in [-0.05, 0) is 0 Å². The van der Waals surface area contributed by atoms with Crippen molar-refractivity contribution in [3.8, 4) is 0 Å². The van der Waals surface area contributed by atoms with Gasteiger partial charge >= 0.3 is 21.7 Å². The third kappa shape index (κ3) is 9.24. The van der Waals surface area contributed by atoms with Crippen LogP contribution in [0.2, 0.25) is 0 Å². The average Bonchev–Trinajstić information content (AvgIpc) is 3.07. The van der Waals surface area contributed by atoms with E-state index >= 15 is 0 Å². The van der Waals surface area contributed by atoms with Crippen LogP contribution in [0, 0.1) is 12.2 Å². The third-order valence-electron chi connectivity index (χ3n) is 3.13. The molecule has 2 aliphatic carbocycles. The minimum absolute atomic E-state index is 0. The van der Waals surface area contributed by atoms with Gasteiger partial charge in [0.05, 0.1) is 0 Å². The summed E-state index contributed by atoms with van der Waals surface area (Å²) >= 11 is 0. The van der Waals surface area contributed by atoms with Gasteiger partial charge in [-0.25, -0.2) is 23.3 Å². The van der Waals surface area contributed by atoms with Gasteiger partial charge in [0.2, 0.25) is 0 Å². The summed E-state index contributed by atoms with van der Waals surface area (Å²) in [6, 6.07) is 0. The van der Waals surface area contributed by atoms with E-state index in [1.807, 2.05) is 0 Å². The van der Waals surface area contributed by atoms with E-state index in [4.69, 9.17) is 0 Å². The summed E-state index contributed by atoms with van der Waals surface area (Å²) in [4.78, 5) is 0. The normalized spacial score (nSPS) is 15.5. The van der Waals surface area contributed by atoms with Crippen LogP contribution >= 0.6 is 0 Å². The van der Waals surface area contributed by atoms with Crippen LogP contribution in [0.25, 0.3) is 0 Å². The first kappa shape index (κ1) is 18.7. The van der Waals surface area contributed by atoms with Crippen molar-refractivity contribution in [1.29, 1.82) is 0 Å². The third-order valence-corrected chi connectivity index (χ3v) is 3.13. The fraction of sp³-hybridized carbons (Fsp3) is 0.556. The summed E-state index contributed by atoms with van der Waals surface area (Å²) < 4.78 is 0. The van der Waals surface area contributed by atoms with Crippen LogP contribution in [0.4, 0.5) is 0 Å². The Morgan fingerprint density at radius 2 is 1.26 bits per heavy atom. The molecule has 0 aliphatic heterocycles. The summed E-state index contributed by atoms with van der Waals surface area (Å²) in [6.07, 6.45) is 25.1. The molecule has 0 N–H and O–H groups in total. The zero-order valence-corrected chi connectivity index (χ0v) is 14.0. The summed E-state index contributed by atoms with van der Waals surface area (Å²) in [5, 5.41) is 0. The van der Waals surface area contributed by atoms with Crippen molar-refractivity contribution in [1.82, 2.24) is 0 Å². The second kappa shape index (κ2) is 12.7. The molecule has 102 valence electrons. The van der Waals surface area contributed by atoms with Crippen molar-refractivity contribution < 1.29 is 21.7 Å². The van der Waals surface area contributed by atoms with Crippen LogP contribution in [0.15, 0.2) is 35.5 Å². The van der Waals surface area contributed by atoms with Crippen molar-refractivity contribution >= 4 is 0 Å². The van der Waals surface area contributed by atoms with E-state index in [9.17, 15) is 0 Å². The average molecular weight is 290 g/mol. The number of unbranched alkanes of at least 4 members (excludes halogenated alkanes) is 2. The van der Waals surface area contributed by atoms with Gasteiger partial charge in [-0.2, -0.15) is 12.2 Å². The first-order chi connectivity index (χ1) is 8.86. The van der Waals surface area contributed by atoms with E-state index in [1.165, 1.54) is 49.7 Å². The van der Waals surface area contributed by atoms with Crippen molar-refractivity contribution in [2.45, 2.75) is 65.2 Å². The molecular weight excluding hydrogens is 264 g/mol. The number of allylic oxidation sites excluding steroid dienone is 8. The van der Waals surface area contributed by atoms with Crippen molar-refractivity contribution in [3.63, 3.8) is 0 Å². The molecule has 0 radical (unpaired) electrons. The molecule has 0 fully saturated rings. The van der Waals surface area contributed by atoms with Gasteiger partial charge in [0.25, 0.3) is 0 Å². The van der Waals surface area contributed by atoms with Gasteiger partial charge in [0, 0.05) is 0 Å². The standard InChI is InChI=1S/2C9H13.Ti/c2*1-2-3-6-9-7-4-5-8-9;/h2*4,7H,2-3,5-6H2,1H3;/q2*-1;+2. The van der Waals surface area contributed by atoms with E-state index < -0.39 is 0 Å². The van der Waals surface area contributed by atoms with E-state index in [0.717, 1.165) is 12.8 Å². The molecule has 0 saturated heterocycles. The number of hydrogen-bond donors (Lipinski definition) is 0. The Bertz CT molecular complexity index is 298. The summed E-state index contributed by atoms with van der Waals surface area (Å²) in [5.41, 5.74) is 2.83. The van der Waals surface area contributed by atoms with Gasteiger partial charge in [0.1, 0.15) is 0 Å². The van der Waals surface area contributed by atoms with Crippen LogP contribution < -0.4 is 0 Å². The zero-order valence-electron chi connectivity index (χ0n) is 12.5. The molecule has 0 spiro atoms. The van der Waals surface area contributed by atoms with E-state index in [1.54, 1.807) is 0 Å². The molecule has 2 aliphatic rings. The second-order valence-electron chi connectivity index (χ2n) is 4.82. The Balaban J connectivity index is 0.000000324. The Morgan fingerprint density at radius 3 is 1.53 bits per heavy atom. The number of hydrogen-bond acceptors (Lipinski definition) is 0. The monoisotopic (exact) mass is 290 g/mol. The first-order valence-electron chi connectivity index (χ1n) is 7.39. The molecule has 1 heteroatoms. The Kier molecular flexibility index (Phi) is 12.5. The molecule has 0 aromatic heterocycles. The minimum Gasteiger partial charge on any atom is -0.269 e. The molecule has 0 nitrogen and oxygen atoms in total. The minimum atomic E-state index is 0. The summed E-state index contributed by atoms with van der Waals surface area (Å²) in [7, 11) is 0. The van der Waals surface area contributed by atoms with Gasteiger partial charge in [0.15, 0.2) is 0 Å². The van der Waals surface area contributed by atoms with Crippen LogP contribution in [-0.4, -0.2) is 0 Å². The molecule has 0 unspecified atom stereocenters.